The first-order chi connectivity index (χ1) is 6.15. The van der Waals surface area contributed by atoms with Gasteiger partial charge in [0, 0.05) is 6.42 Å². The van der Waals surface area contributed by atoms with Crippen molar-refractivity contribution in [2.24, 2.45) is 0 Å². The van der Waals surface area contributed by atoms with Crippen LogP contribution in [-0.2, 0) is 0 Å². The second-order valence-corrected chi connectivity index (χ2v) is 3.33. The Labute approximate surface area is 78.8 Å². The van der Waals surface area contributed by atoms with Gasteiger partial charge >= 0.3 is 0 Å². The van der Waals surface area contributed by atoms with E-state index in [1.807, 2.05) is 26.0 Å². The molecule has 0 saturated carbocycles. The topological polar surface area (TPSA) is 0 Å². The van der Waals surface area contributed by atoms with Gasteiger partial charge in [0.15, 0.2) is 0 Å². The molecule has 0 nitrogen and oxygen atoms in total. The Bertz CT molecular complexity index is 333. The zero-order valence-corrected chi connectivity index (χ0v) is 7.97. The Kier molecular flexibility index (Phi) is 3.08. The van der Waals surface area contributed by atoms with E-state index < -0.39 is 0 Å². The van der Waals surface area contributed by atoms with E-state index in [1.165, 1.54) is 0 Å². The third-order valence-electron chi connectivity index (χ3n) is 2.11. The summed E-state index contributed by atoms with van der Waals surface area (Å²) in [4.78, 5) is 0. The zero-order valence-electron chi connectivity index (χ0n) is 7.97. The number of hydrogen-bond donors (Lipinski definition) is 0. The van der Waals surface area contributed by atoms with Gasteiger partial charge in [-0.2, -0.15) is 0 Å². The number of rotatable bonds is 2. The molecule has 1 heteroatoms. The molecular formula is C12H13F. The Morgan fingerprint density at radius 1 is 1.54 bits per heavy atom. The molecule has 0 aliphatic heterocycles. The standard InChI is InChI=1S/C12H13F/c1-4-5-10(3)11-7-6-9(2)8-12(11)13/h1,6-8,10H,5H2,2-3H3. The van der Waals surface area contributed by atoms with E-state index in [2.05, 4.69) is 5.92 Å². The lowest BCUT2D eigenvalue weighted by Crippen LogP contribution is -1.96. The first kappa shape index (κ1) is 9.80. The number of halogens is 1. The van der Waals surface area contributed by atoms with Crippen molar-refractivity contribution in [2.75, 3.05) is 0 Å². The van der Waals surface area contributed by atoms with Crippen molar-refractivity contribution in [3.05, 3.63) is 35.1 Å². The zero-order chi connectivity index (χ0) is 9.84. The van der Waals surface area contributed by atoms with Gasteiger partial charge in [0.1, 0.15) is 5.82 Å². The van der Waals surface area contributed by atoms with Crippen LogP contribution in [0.25, 0.3) is 0 Å². The van der Waals surface area contributed by atoms with Crippen molar-refractivity contribution >= 4 is 0 Å². The molecule has 1 aromatic rings. The molecule has 1 unspecified atom stereocenters. The van der Waals surface area contributed by atoms with Crippen molar-refractivity contribution in [3.8, 4) is 12.3 Å². The van der Waals surface area contributed by atoms with Crippen molar-refractivity contribution in [2.45, 2.75) is 26.2 Å². The third-order valence-corrected chi connectivity index (χ3v) is 2.11. The lowest BCUT2D eigenvalue weighted by Gasteiger charge is -2.09. The summed E-state index contributed by atoms with van der Waals surface area (Å²) in [6.45, 7) is 3.81. The van der Waals surface area contributed by atoms with Crippen LogP contribution in [0.1, 0.15) is 30.4 Å². The summed E-state index contributed by atoms with van der Waals surface area (Å²) in [6.07, 6.45) is 5.76. The van der Waals surface area contributed by atoms with Gasteiger partial charge in [-0.05, 0) is 30.0 Å². The molecule has 1 atom stereocenters. The van der Waals surface area contributed by atoms with Crippen LogP contribution in [0, 0.1) is 25.1 Å². The molecule has 0 amide bonds. The van der Waals surface area contributed by atoms with Gasteiger partial charge in [-0.3, -0.25) is 0 Å². The average molecular weight is 176 g/mol. The molecule has 0 N–H and O–H groups in total. The van der Waals surface area contributed by atoms with Crippen LogP contribution in [0.4, 0.5) is 4.39 Å². The van der Waals surface area contributed by atoms with E-state index in [0.717, 1.165) is 5.56 Å². The lowest BCUT2D eigenvalue weighted by atomic mass is 9.97. The summed E-state index contributed by atoms with van der Waals surface area (Å²) in [7, 11) is 0. The van der Waals surface area contributed by atoms with Crippen LogP contribution >= 0.6 is 0 Å². The lowest BCUT2D eigenvalue weighted by molar-refractivity contribution is 0.590. The molecule has 0 aromatic heterocycles. The Morgan fingerprint density at radius 2 is 2.23 bits per heavy atom. The number of benzene rings is 1. The monoisotopic (exact) mass is 176 g/mol. The average Bonchev–Trinajstić information content (AvgIpc) is 2.04. The van der Waals surface area contributed by atoms with Gasteiger partial charge in [0.2, 0.25) is 0 Å². The summed E-state index contributed by atoms with van der Waals surface area (Å²) in [6, 6.07) is 5.26. The Balaban J connectivity index is 2.96. The molecule has 0 aliphatic rings. The predicted octanol–water partition coefficient (Wildman–Crippen LogP) is 3.26. The van der Waals surface area contributed by atoms with E-state index in [1.54, 1.807) is 6.07 Å². The minimum atomic E-state index is -0.150. The summed E-state index contributed by atoms with van der Waals surface area (Å²) in [5.41, 5.74) is 1.65. The number of hydrogen-bond acceptors (Lipinski definition) is 0. The summed E-state index contributed by atoms with van der Waals surface area (Å²) in [5.74, 6) is 2.49. The highest BCUT2D eigenvalue weighted by Crippen LogP contribution is 2.22. The molecule has 68 valence electrons. The van der Waals surface area contributed by atoms with Crippen LogP contribution in [0.5, 0.6) is 0 Å². The maximum atomic E-state index is 13.4. The van der Waals surface area contributed by atoms with E-state index in [-0.39, 0.29) is 11.7 Å². The van der Waals surface area contributed by atoms with E-state index in [9.17, 15) is 4.39 Å². The molecule has 0 radical (unpaired) electrons. The fourth-order valence-corrected chi connectivity index (χ4v) is 1.32. The molecule has 1 rings (SSSR count). The smallest absolute Gasteiger partial charge is 0.126 e. The van der Waals surface area contributed by atoms with Gasteiger partial charge in [-0.1, -0.05) is 19.1 Å². The predicted molar refractivity (Wildman–Crippen MR) is 53.0 cm³/mol. The summed E-state index contributed by atoms with van der Waals surface area (Å²) >= 11 is 0. The fraction of sp³-hybridized carbons (Fsp3) is 0.333. The quantitative estimate of drug-likeness (QED) is 0.607. The van der Waals surface area contributed by atoms with E-state index in [4.69, 9.17) is 6.42 Å². The van der Waals surface area contributed by atoms with Crippen LogP contribution in [0.15, 0.2) is 18.2 Å². The van der Waals surface area contributed by atoms with E-state index >= 15 is 0 Å². The van der Waals surface area contributed by atoms with Gasteiger partial charge < -0.3 is 0 Å². The molecule has 0 spiro atoms. The van der Waals surface area contributed by atoms with Gasteiger partial charge in [0.05, 0.1) is 0 Å². The SMILES string of the molecule is C#CCC(C)c1ccc(C)cc1F. The van der Waals surface area contributed by atoms with Crippen molar-refractivity contribution in [1.82, 2.24) is 0 Å². The summed E-state index contributed by atoms with van der Waals surface area (Å²) in [5, 5.41) is 0. The molecule has 0 saturated heterocycles. The van der Waals surface area contributed by atoms with Crippen LogP contribution < -0.4 is 0 Å². The van der Waals surface area contributed by atoms with Crippen LogP contribution in [-0.4, -0.2) is 0 Å². The molecule has 0 aliphatic carbocycles. The van der Waals surface area contributed by atoms with Crippen molar-refractivity contribution in [3.63, 3.8) is 0 Å². The molecule has 0 bridgehead atoms. The van der Waals surface area contributed by atoms with Gasteiger partial charge in [-0.15, -0.1) is 12.3 Å². The molecule has 1 aromatic carbocycles. The first-order valence-electron chi connectivity index (χ1n) is 4.34. The van der Waals surface area contributed by atoms with Crippen molar-refractivity contribution in [1.29, 1.82) is 0 Å². The van der Waals surface area contributed by atoms with Crippen LogP contribution in [0.2, 0.25) is 0 Å². The maximum absolute atomic E-state index is 13.4. The molecule has 0 heterocycles. The molecular weight excluding hydrogens is 163 g/mol. The minimum Gasteiger partial charge on any atom is -0.207 e. The van der Waals surface area contributed by atoms with Gasteiger partial charge in [0.25, 0.3) is 0 Å². The second-order valence-electron chi connectivity index (χ2n) is 3.33. The first-order valence-corrected chi connectivity index (χ1v) is 4.34. The minimum absolute atomic E-state index is 0.102. The normalized spacial score (nSPS) is 12.2. The maximum Gasteiger partial charge on any atom is 0.126 e. The third kappa shape index (κ3) is 2.32. The van der Waals surface area contributed by atoms with Gasteiger partial charge in [-0.25, -0.2) is 4.39 Å². The number of terminal acetylenes is 1. The highest BCUT2D eigenvalue weighted by atomic mass is 19.1. The largest absolute Gasteiger partial charge is 0.207 e. The molecule has 0 fully saturated rings. The molecule has 13 heavy (non-hydrogen) atoms. The van der Waals surface area contributed by atoms with Crippen molar-refractivity contribution < 1.29 is 4.39 Å². The van der Waals surface area contributed by atoms with Crippen LogP contribution in [0.3, 0.4) is 0 Å². The Morgan fingerprint density at radius 3 is 2.77 bits per heavy atom. The summed E-state index contributed by atoms with van der Waals surface area (Å²) < 4.78 is 13.4. The second kappa shape index (κ2) is 4.09. The fourth-order valence-electron chi connectivity index (χ4n) is 1.32. The highest BCUT2D eigenvalue weighted by molar-refractivity contribution is 5.26. The Hall–Kier alpha value is -1.29. The number of aryl methyl sites for hydroxylation is 1. The highest BCUT2D eigenvalue weighted by Gasteiger charge is 2.09. The van der Waals surface area contributed by atoms with E-state index in [0.29, 0.717) is 12.0 Å².